The van der Waals surface area contributed by atoms with Crippen molar-refractivity contribution in [1.29, 1.82) is 0 Å². The predicted molar refractivity (Wildman–Crippen MR) is 97.0 cm³/mol. The zero-order valence-corrected chi connectivity index (χ0v) is 15.1. The van der Waals surface area contributed by atoms with Gasteiger partial charge in [0.25, 0.3) is 5.91 Å². The molecule has 0 saturated carbocycles. The van der Waals surface area contributed by atoms with Crippen molar-refractivity contribution in [2.75, 3.05) is 13.7 Å². The number of nitrogens with zero attached hydrogens (tertiary/aromatic N) is 1. The number of carbonyl (C=O) groups excluding carboxylic acids is 1. The van der Waals surface area contributed by atoms with Gasteiger partial charge in [-0.2, -0.15) is 5.10 Å². The minimum Gasteiger partial charge on any atom is -0.504 e. The van der Waals surface area contributed by atoms with Crippen LogP contribution in [0.5, 0.6) is 17.2 Å². The first-order valence-electron chi connectivity index (χ1n) is 7.19. The number of hydrazone groups is 1. The molecule has 0 aliphatic heterocycles. The normalized spacial score (nSPS) is 11.1. The topological polar surface area (TPSA) is 80.2 Å². The summed E-state index contributed by atoms with van der Waals surface area (Å²) in [6.45, 7) is 1.46. The number of aromatic hydroxyl groups is 1. The first kappa shape index (κ1) is 18.9. The zero-order chi connectivity index (χ0) is 18.4. The smallest absolute Gasteiger partial charge is 0.277 e. The SMILES string of the molecule is COc1cc(/C(C)=N/NC(=O)COc2ccc(Cl)cc2Cl)ccc1O. The standard InChI is InChI=1S/C17H16Cl2N2O4/c1-10(11-3-5-14(22)16(7-11)24-2)20-21-17(23)9-25-15-6-4-12(18)8-13(15)19/h3-8,22H,9H2,1-2H3,(H,21,23)/b20-10+. The lowest BCUT2D eigenvalue weighted by Crippen LogP contribution is -2.25. The number of phenols is 1. The van der Waals surface area contributed by atoms with Crippen LogP contribution in [0.15, 0.2) is 41.5 Å². The molecule has 2 rings (SSSR count). The third kappa shape index (κ3) is 5.27. The number of halogens is 2. The molecule has 1 amide bonds. The number of phenolic OH excluding ortho intramolecular Hbond substituents is 1. The van der Waals surface area contributed by atoms with Gasteiger partial charge < -0.3 is 14.6 Å². The fourth-order valence-electron chi connectivity index (χ4n) is 1.88. The van der Waals surface area contributed by atoms with Gasteiger partial charge in [-0.25, -0.2) is 5.43 Å². The van der Waals surface area contributed by atoms with E-state index >= 15 is 0 Å². The van der Waals surface area contributed by atoms with Crippen LogP contribution in [0.2, 0.25) is 10.0 Å². The van der Waals surface area contributed by atoms with Crippen LogP contribution in [0, 0.1) is 0 Å². The van der Waals surface area contributed by atoms with Gasteiger partial charge in [0.05, 0.1) is 17.8 Å². The number of carbonyl (C=O) groups is 1. The lowest BCUT2D eigenvalue weighted by atomic mass is 10.1. The molecule has 25 heavy (non-hydrogen) atoms. The highest BCUT2D eigenvalue weighted by molar-refractivity contribution is 6.35. The Hall–Kier alpha value is -2.44. The van der Waals surface area contributed by atoms with Crippen LogP contribution in [0.4, 0.5) is 0 Å². The number of rotatable bonds is 6. The van der Waals surface area contributed by atoms with E-state index in [-0.39, 0.29) is 12.4 Å². The van der Waals surface area contributed by atoms with Crippen molar-refractivity contribution in [1.82, 2.24) is 5.43 Å². The van der Waals surface area contributed by atoms with Gasteiger partial charge in [-0.05, 0) is 43.3 Å². The van der Waals surface area contributed by atoms with Crippen molar-refractivity contribution >= 4 is 34.8 Å². The van der Waals surface area contributed by atoms with Gasteiger partial charge >= 0.3 is 0 Å². The molecule has 2 aromatic rings. The lowest BCUT2D eigenvalue weighted by molar-refractivity contribution is -0.123. The first-order chi connectivity index (χ1) is 11.9. The summed E-state index contributed by atoms with van der Waals surface area (Å²) in [7, 11) is 1.45. The number of hydrogen-bond acceptors (Lipinski definition) is 5. The Balaban J connectivity index is 1.95. The van der Waals surface area contributed by atoms with E-state index in [0.29, 0.717) is 32.8 Å². The molecule has 2 N–H and O–H groups in total. The molecule has 6 nitrogen and oxygen atoms in total. The summed E-state index contributed by atoms with van der Waals surface area (Å²) in [4.78, 5) is 11.8. The molecule has 0 heterocycles. The molecule has 0 atom stereocenters. The van der Waals surface area contributed by atoms with E-state index in [1.54, 1.807) is 31.2 Å². The maximum atomic E-state index is 11.8. The van der Waals surface area contributed by atoms with Crippen molar-refractivity contribution in [3.05, 3.63) is 52.0 Å². The number of ether oxygens (including phenoxy) is 2. The minimum absolute atomic E-state index is 0.0244. The largest absolute Gasteiger partial charge is 0.504 e. The second kappa shape index (κ2) is 8.60. The summed E-state index contributed by atoms with van der Waals surface area (Å²) in [6, 6.07) is 9.48. The van der Waals surface area contributed by atoms with E-state index in [1.807, 2.05) is 0 Å². The van der Waals surface area contributed by atoms with Crippen LogP contribution in [-0.2, 0) is 4.79 Å². The quantitative estimate of drug-likeness (QED) is 0.590. The van der Waals surface area contributed by atoms with Crippen molar-refractivity contribution in [2.24, 2.45) is 5.10 Å². The van der Waals surface area contributed by atoms with E-state index in [9.17, 15) is 9.90 Å². The van der Waals surface area contributed by atoms with E-state index in [2.05, 4.69) is 10.5 Å². The Morgan fingerprint density at radius 3 is 2.64 bits per heavy atom. The fourth-order valence-corrected chi connectivity index (χ4v) is 2.34. The number of amides is 1. The van der Waals surface area contributed by atoms with Gasteiger partial charge in [-0.1, -0.05) is 23.2 Å². The van der Waals surface area contributed by atoms with Crippen LogP contribution in [0.3, 0.4) is 0 Å². The third-order valence-corrected chi connectivity index (χ3v) is 3.73. The summed E-state index contributed by atoms with van der Waals surface area (Å²) in [5.74, 6) is 0.247. The van der Waals surface area contributed by atoms with Crippen molar-refractivity contribution in [2.45, 2.75) is 6.92 Å². The van der Waals surface area contributed by atoms with Crippen LogP contribution in [0.25, 0.3) is 0 Å². The molecular weight excluding hydrogens is 367 g/mol. The predicted octanol–water partition coefficient (Wildman–Crippen LogP) is 3.63. The number of benzene rings is 2. The molecule has 0 unspecified atom stereocenters. The van der Waals surface area contributed by atoms with Crippen LogP contribution in [0.1, 0.15) is 12.5 Å². The van der Waals surface area contributed by atoms with Gasteiger partial charge in [0.2, 0.25) is 0 Å². The zero-order valence-electron chi connectivity index (χ0n) is 13.5. The second-order valence-corrected chi connectivity index (χ2v) is 5.83. The van der Waals surface area contributed by atoms with E-state index in [4.69, 9.17) is 32.7 Å². The molecule has 132 valence electrons. The highest BCUT2D eigenvalue weighted by Gasteiger charge is 2.08. The Bertz CT molecular complexity index is 809. The number of methoxy groups -OCH3 is 1. The van der Waals surface area contributed by atoms with E-state index in [0.717, 1.165) is 0 Å². The van der Waals surface area contributed by atoms with Gasteiger partial charge in [0.1, 0.15) is 5.75 Å². The molecule has 0 fully saturated rings. The molecule has 0 radical (unpaired) electrons. The molecule has 8 heteroatoms. The third-order valence-electron chi connectivity index (χ3n) is 3.20. The number of hydrogen-bond donors (Lipinski definition) is 2. The van der Waals surface area contributed by atoms with Crippen molar-refractivity contribution < 1.29 is 19.4 Å². The molecule has 0 bridgehead atoms. The van der Waals surface area contributed by atoms with Crippen molar-refractivity contribution in [3.8, 4) is 17.2 Å². The Morgan fingerprint density at radius 2 is 1.96 bits per heavy atom. The summed E-state index contributed by atoms with van der Waals surface area (Å²) < 4.78 is 10.4. The average Bonchev–Trinajstić information content (AvgIpc) is 2.59. The molecule has 0 aromatic heterocycles. The van der Waals surface area contributed by atoms with Gasteiger partial charge in [0.15, 0.2) is 18.1 Å². The minimum atomic E-state index is -0.448. The summed E-state index contributed by atoms with van der Waals surface area (Å²) >= 11 is 11.8. The monoisotopic (exact) mass is 382 g/mol. The molecule has 0 spiro atoms. The molecular formula is C17H16Cl2N2O4. The second-order valence-electron chi connectivity index (χ2n) is 4.98. The molecule has 0 saturated heterocycles. The molecule has 0 aliphatic carbocycles. The van der Waals surface area contributed by atoms with Crippen LogP contribution < -0.4 is 14.9 Å². The van der Waals surface area contributed by atoms with Gasteiger partial charge in [-0.15, -0.1) is 0 Å². The summed E-state index contributed by atoms with van der Waals surface area (Å²) in [6.07, 6.45) is 0. The van der Waals surface area contributed by atoms with E-state index in [1.165, 1.54) is 19.2 Å². The number of nitrogens with one attached hydrogen (secondary N) is 1. The molecule has 0 aliphatic rings. The van der Waals surface area contributed by atoms with E-state index < -0.39 is 5.91 Å². The Labute approximate surface area is 155 Å². The lowest BCUT2D eigenvalue weighted by Gasteiger charge is -2.08. The Kier molecular flexibility index (Phi) is 6.50. The van der Waals surface area contributed by atoms with Crippen LogP contribution >= 0.6 is 23.2 Å². The maximum Gasteiger partial charge on any atom is 0.277 e. The summed E-state index contributed by atoms with van der Waals surface area (Å²) in [5, 5.41) is 14.4. The van der Waals surface area contributed by atoms with Crippen LogP contribution in [-0.4, -0.2) is 30.4 Å². The highest BCUT2D eigenvalue weighted by atomic mass is 35.5. The molecule has 2 aromatic carbocycles. The maximum absolute atomic E-state index is 11.8. The average molecular weight is 383 g/mol. The Morgan fingerprint density at radius 1 is 1.20 bits per heavy atom. The van der Waals surface area contributed by atoms with Gasteiger partial charge in [-0.3, -0.25) is 4.79 Å². The fraction of sp³-hybridized carbons (Fsp3) is 0.176. The first-order valence-corrected chi connectivity index (χ1v) is 7.94. The van der Waals surface area contributed by atoms with Crippen molar-refractivity contribution in [3.63, 3.8) is 0 Å². The van der Waals surface area contributed by atoms with Gasteiger partial charge in [0, 0.05) is 10.6 Å². The summed E-state index contributed by atoms with van der Waals surface area (Å²) in [5.41, 5.74) is 3.62. The highest BCUT2D eigenvalue weighted by Crippen LogP contribution is 2.27.